The molecule has 0 fully saturated rings. The van der Waals surface area contributed by atoms with Crippen LogP contribution in [0.15, 0.2) is 22.7 Å². The number of nitrogens with zero attached hydrogens (tertiary/aromatic N) is 2. The van der Waals surface area contributed by atoms with E-state index >= 15 is 0 Å². The van der Waals surface area contributed by atoms with Gasteiger partial charge in [-0.25, -0.2) is 14.6 Å². The van der Waals surface area contributed by atoms with E-state index in [4.69, 9.17) is 5.84 Å². The van der Waals surface area contributed by atoms with E-state index in [2.05, 4.69) is 14.7 Å². The Kier molecular flexibility index (Phi) is 2.79. The fraction of sp³-hybridized carbons (Fsp3) is 0. The summed E-state index contributed by atoms with van der Waals surface area (Å²) in [5, 5.41) is 3.38. The van der Waals surface area contributed by atoms with E-state index in [1.165, 1.54) is 0 Å². The average molecular weight is 240 g/mol. The van der Waals surface area contributed by atoms with E-state index in [-0.39, 0.29) is 11.4 Å². The maximum absolute atomic E-state index is 13.3. The Morgan fingerprint density at radius 3 is 2.82 bits per heavy atom. The van der Waals surface area contributed by atoms with Crippen molar-refractivity contribution >= 4 is 5.91 Å². The molecule has 1 heterocycles. The molecule has 1 aromatic heterocycles. The Bertz CT molecular complexity index is 570. The fourth-order valence-corrected chi connectivity index (χ4v) is 1.16. The molecule has 0 unspecified atom stereocenters. The van der Waals surface area contributed by atoms with Crippen molar-refractivity contribution in [3.8, 4) is 11.4 Å². The van der Waals surface area contributed by atoms with Crippen LogP contribution in [-0.4, -0.2) is 16.0 Å². The number of aromatic nitrogens is 2. The number of benzene rings is 1. The van der Waals surface area contributed by atoms with Crippen molar-refractivity contribution < 1.29 is 18.1 Å². The molecule has 0 radical (unpaired) electrons. The van der Waals surface area contributed by atoms with E-state index < -0.39 is 23.4 Å². The van der Waals surface area contributed by atoms with Crippen LogP contribution in [0.2, 0.25) is 0 Å². The molecular formula is C9H6F2N4O2. The van der Waals surface area contributed by atoms with Gasteiger partial charge in [-0.1, -0.05) is 5.16 Å². The molecule has 1 amide bonds. The molecule has 3 N–H and O–H groups in total. The molecule has 0 spiro atoms. The second-order valence-electron chi connectivity index (χ2n) is 3.02. The first-order valence-electron chi connectivity index (χ1n) is 4.42. The monoisotopic (exact) mass is 240 g/mol. The number of nitrogen functional groups attached to an aromatic ring is 1. The molecule has 2 rings (SSSR count). The van der Waals surface area contributed by atoms with Gasteiger partial charge in [-0.2, -0.15) is 4.98 Å². The summed E-state index contributed by atoms with van der Waals surface area (Å²) in [6.07, 6.45) is 0. The van der Waals surface area contributed by atoms with Crippen LogP contribution < -0.4 is 11.3 Å². The number of nitrogens with two attached hydrogens (primary N) is 1. The molecule has 0 saturated carbocycles. The summed E-state index contributed by atoms with van der Waals surface area (Å²) >= 11 is 0. The minimum atomic E-state index is -0.856. The minimum Gasteiger partial charge on any atom is -0.328 e. The maximum atomic E-state index is 13.3. The highest BCUT2D eigenvalue weighted by Crippen LogP contribution is 2.20. The predicted octanol–water partition coefficient (Wildman–Crippen LogP) is 0.618. The molecule has 8 heteroatoms. The van der Waals surface area contributed by atoms with E-state index in [1.807, 2.05) is 0 Å². The highest BCUT2D eigenvalue weighted by molar-refractivity contribution is 5.89. The molecule has 88 valence electrons. The molecular weight excluding hydrogens is 234 g/mol. The number of carbonyl (C=O) groups excluding carboxylic acids is 1. The lowest BCUT2D eigenvalue weighted by Gasteiger charge is -1.96. The Morgan fingerprint density at radius 1 is 1.41 bits per heavy atom. The molecule has 0 saturated heterocycles. The highest BCUT2D eigenvalue weighted by Gasteiger charge is 2.17. The number of carbonyl (C=O) groups is 1. The van der Waals surface area contributed by atoms with Gasteiger partial charge in [0.2, 0.25) is 5.82 Å². The Hall–Kier alpha value is -2.35. The summed E-state index contributed by atoms with van der Waals surface area (Å²) in [5.41, 5.74) is 1.70. The third-order valence-corrected chi connectivity index (χ3v) is 1.92. The maximum Gasteiger partial charge on any atom is 0.323 e. The summed E-state index contributed by atoms with van der Waals surface area (Å²) in [5.74, 6) is 1.89. The molecule has 0 aliphatic carbocycles. The first-order valence-corrected chi connectivity index (χ1v) is 4.42. The highest BCUT2D eigenvalue weighted by atomic mass is 19.1. The smallest absolute Gasteiger partial charge is 0.323 e. The van der Waals surface area contributed by atoms with E-state index in [0.717, 1.165) is 12.1 Å². The van der Waals surface area contributed by atoms with Gasteiger partial charge in [-0.15, -0.1) is 0 Å². The normalized spacial score (nSPS) is 10.3. The number of hydrogen-bond donors (Lipinski definition) is 2. The van der Waals surface area contributed by atoms with Crippen LogP contribution in [-0.2, 0) is 0 Å². The van der Waals surface area contributed by atoms with Crippen molar-refractivity contribution in [2.45, 2.75) is 0 Å². The number of hydrazine groups is 1. The van der Waals surface area contributed by atoms with E-state index in [9.17, 15) is 13.6 Å². The van der Waals surface area contributed by atoms with Crippen molar-refractivity contribution in [1.82, 2.24) is 15.6 Å². The SMILES string of the molecule is NNC(=O)c1nc(-c2ccc(F)cc2F)no1. The molecule has 0 aliphatic heterocycles. The third kappa shape index (κ3) is 2.11. The predicted molar refractivity (Wildman–Crippen MR) is 51.3 cm³/mol. The van der Waals surface area contributed by atoms with Crippen molar-refractivity contribution in [3.63, 3.8) is 0 Å². The van der Waals surface area contributed by atoms with Crippen LogP contribution in [0, 0.1) is 11.6 Å². The number of amides is 1. The molecule has 1 aromatic carbocycles. The minimum absolute atomic E-state index is 0.0776. The van der Waals surface area contributed by atoms with Crippen molar-refractivity contribution in [2.24, 2.45) is 5.84 Å². The summed E-state index contributed by atoms with van der Waals surface area (Å²) < 4.78 is 30.6. The fourth-order valence-electron chi connectivity index (χ4n) is 1.16. The molecule has 6 nitrogen and oxygen atoms in total. The lowest BCUT2D eigenvalue weighted by Crippen LogP contribution is -2.30. The summed E-state index contributed by atoms with van der Waals surface area (Å²) in [6.45, 7) is 0. The zero-order valence-electron chi connectivity index (χ0n) is 8.28. The Labute approximate surface area is 93.4 Å². The quantitative estimate of drug-likeness (QED) is 0.456. The van der Waals surface area contributed by atoms with Crippen LogP contribution in [0.3, 0.4) is 0 Å². The van der Waals surface area contributed by atoms with Crippen LogP contribution in [0.25, 0.3) is 11.4 Å². The average Bonchev–Trinajstić information content (AvgIpc) is 2.77. The standard InChI is InChI=1S/C9H6F2N4O2/c10-4-1-2-5(6(11)3-4)7-13-9(17-15-7)8(16)14-12/h1-3H,12H2,(H,14,16). The molecule has 0 atom stereocenters. The van der Waals surface area contributed by atoms with E-state index in [0.29, 0.717) is 6.07 Å². The van der Waals surface area contributed by atoms with Gasteiger partial charge in [0, 0.05) is 6.07 Å². The summed E-state index contributed by atoms with van der Waals surface area (Å²) in [4.78, 5) is 14.6. The second kappa shape index (κ2) is 4.26. The van der Waals surface area contributed by atoms with Crippen LogP contribution >= 0.6 is 0 Å². The zero-order chi connectivity index (χ0) is 12.4. The van der Waals surface area contributed by atoms with Gasteiger partial charge in [0.05, 0.1) is 5.56 Å². The van der Waals surface area contributed by atoms with Crippen molar-refractivity contribution in [1.29, 1.82) is 0 Å². The van der Waals surface area contributed by atoms with Gasteiger partial charge >= 0.3 is 11.8 Å². The van der Waals surface area contributed by atoms with Gasteiger partial charge in [-0.3, -0.25) is 10.2 Å². The lowest BCUT2D eigenvalue weighted by molar-refractivity contribution is 0.0910. The first kappa shape index (κ1) is 11.1. The van der Waals surface area contributed by atoms with E-state index in [1.54, 1.807) is 5.43 Å². The summed E-state index contributed by atoms with van der Waals surface area (Å²) in [7, 11) is 0. The van der Waals surface area contributed by atoms with Crippen LogP contribution in [0.5, 0.6) is 0 Å². The number of halogens is 2. The van der Waals surface area contributed by atoms with Gasteiger partial charge in [0.15, 0.2) is 0 Å². The largest absolute Gasteiger partial charge is 0.328 e. The number of rotatable bonds is 2. The van der Waals surface area contributed by atoms with Gasteiger partial charge < -0.3 is 4.52 Å². The molecule has 2 aromatic rings. The van der Waals surface area contributed by atoms with Crippen LogP contribution in [0.1, 0.15) is 10.7 Å². The molecule has 17 heavy (non-hydrogen) atoms. The van der Waals surface area contributed by atoms with Crippen LogP contribution in [0.4, 0.5) is 8.78 Å². The van der Waals surface area contributed by atoms with Gasteiger partial charge in [0.1, 0.15) is 11.6 Å². The molecule has 0 aliphatic rings. The summed E-state index contributed by atoms with van der Waals surface area (Å²) in [6, 6.07) is 2.85. The Balaban J connectivity index is 2.40. The van der Waals surface area contributed by atoms with Gasteiger partial charge in [0.25, 0.3) is 0 Å². The third-order valence-electron chi connectivity index (χ3n) is 1.92. The van der Waals surface area contributed by atoms with Crippen molar-refractivity contribution in [2.75, 3.05) is 0 Å². The van der Waals surface area contributed by atoms with Crippen molar-refractivity contribution in [3.05, 3.63) is 35.7 Å². The number of hydrogen-bond acceptors (Lipinski definition) is 5. The topological polar surface area (TPSA) is 94.0 Å². The zero-order valence-corrected chi connectivity index (χ0v) is 8.28. The lowest BCUT2D eigenvalue weighted by atomic mass is 10.2. The number of nitrogens with one attached hydrogen (secondary N) is 1. The Morgan fingerprint density at radius 2 is 2.18 bits per heavy atom. The van der Waals surface area contributed by atoms with Gasteiger partial charge in [-0.05, 0) is 12.1 Å². The second-order valence-corrected chi connectivity index (χ2v) is 3.02. The first-order chi connectivity index (χ1) is 8.11. The molecule has 0 bridgehead atoms.